The normalized spacial score (nSPS) is 12.3. The first-order valence-corrected chi connectivity index (χ1v) is 9.70. The van der Waals surface area contributed by atoms with Gasteiger partial charge < -0.3 is 5.32 Å². The van der Waals surface area contributed by atoms with Gasteiger partial charge in [0.25, 0.3) is 6.04 Å². The van der Waals surface area contributed by atoms with Crippen LogP contribution in [0.5, 0.6) is 0 Å². The molecule has 0 unspecified atom stereocenters. The number of nitrogens with one attached hydrogen (secondary N) is 1. The average molecular weight is 422 g/mol. The van der Waals surface area contributed by atoms with Crippen LogP contribution < -0.4 is 9.88 Å². The summed E-state index contributed by atoms with van der Waals surface area (Å²) in [4.78, 5) is 13.6. The molecule has 2 aromatic rings. The van der Waals surface area contributed by atoms with Crippen LogP contribution in [0.15, 0.2) is 55.4 Å². The minimum Gasteiger partial charge on any atom is -0.370 e. The minimum atomic E-state index is -0.689. The molecule has 1 aromatic carbocycles. The van der Waals surface area contributed by atoms with Crippen molar-refractivity contribution < 1.29 is 9.36 Å². The smallest absolute Gasteiger partial charge is 0.270 e. The number of pyridine rings is 1. The Balaban J connectivity index is 2.44. The van der Waals surface area contributed by atoms with Crippen LogP contribution >= 0.6 is 35.4 Å². The Bertz CT molecular complexity index is 857. The zero-order valence-corrected chi connectivity index (χ0v) is 18.0. The number of benzene rings is 1. The molecule has 1 heterocycles. The summed E-state index contributed by atoms with van der Waals surface area (Å²) in [6, 6.07) is 8.16. The standard InChI is InChI=1S/C21H22Cl2N2OS/c1-5-10-24-20(27)18(19(26)14-6-7-16(22)17(23)13-14)25-11-8-15(9-12-25)21(2,3)4/h5-9,11-13,18H,1,10H2,2-4H3/p+1/t18-/m0/s1. The third-order valence-electron chi connectivity index (χ3n) is 4.14. The molecule has 0 aliphatic heterocycles. The number of carbonyl (C=O) groups is 1. The molecule has 1 N–H and O–H groups in total. The van der Waals surface area contributed by atoms with E-state index in [1.807, 2.05) is 24.5 Å². The summed E-state index contributed by atoms with van der Waals surface area (Å²) in [6.45, 7) is 10.6. The number of hydrogen-bond donors (Lipinski definition) is 1. The fourth-order valence-electron chi connectivity index (χ4n) is 2.58. The Morgan fingerprint density at radius 3 is 2.37 bits per heavy atom. The number of hydrogen-bond acceptors (Lipinski definition) is 2. The van der Waals surface area contributed by atoms with Gasteiger partial charge in [0.1, 0.15) is 0 Å². The third kappa shape index (κ3) is 5.38. The van der Waals surface area contributed by atoms with Crippen molar-refractivity contribution in [3.05, 3.63) is 76.6 Å². The van der Waals surface area contributed by atoms with Gasteiger partial charge in [-0.05, 0) is 29.2 Å². The second kappa shape index (κ2) is 8.96. The Morgan fingerprint density at radius 2 is 1.85 bits per heavy atom. The molecule has 0 saturated carbocycles. The lowest BCUT2D eigenvalue weighted by Crippen LogP contribution is -2.51. The fourth-order valence-corrected chi connectivity index (χ4v) is 3.19. The van der Waals surface area contributed by atoms with Gasteiger partial charge in [0, 0.05) is 24.2 Å². The van der Waals surface area contributed by atoms with E-state index in [2.05, 4.69) is 32.7 Å². The number of carbonyl (C=O) groups excluding carboxylic acids is 1. The Labute approximate surface area is 176 Å². The maximum atomic E-state index is 13.2. The molecular weight excluding hydrogens is 399 g/mol. The van der Waals surface area contributed by atoms with E-state index < -0.39 is 6.04 Å². The Morgan fingerprint density at radius 1 is 1.22 bits per heavy atom. The molecule has 2 rings (SSSR count). The van der Waals surface area contributed by atoms with Crippen molar-refractivity contribution in [1.82, 2.24) is 5.32 Å². The molecule has 1 atom stereocenters. The van der Waals surface area contributed by atoms with Gasteiger partial charge in [0.05, 0.1) is 10.0 Å². The van der Waals surface area contributed by atoms with E-state index >= 15 is 0 Å². The molecule has 1 aromatic heterocycles. The first-order valence-electron chi connectivity index (χ1n) is 8.54. The summed E-state index contributed by atoms with van der Waals surface area (Å²) in [6.07, 6.45) is 5.45. The largest absolute Gasteiger partial charge is 0.370 e. The third-order valence-corrected chi connectivity index (χ3v) is 5.24. The molecule has 0 bridgehead atoms. The highest BCUT2D eigenvalue weighted by Crippen LogP contribution is 2.25. The summed E-state index contributed by atoms with van der Waals surface area (Å²) in [5.74, 6) is -0.163. The van der Waals surface area contributed by atoms with Gasteiger partial charge in [-0.25, -0.2) is 0 Å². The summed E-state index contributed by atoms with van der Waals surface area (Å²) in [5, 5.41) is 3.80. The molecule has 3 nitrogen and oxygen atoms in total. The van der Waals surface area contributed by atoms with Crippen molar-refractivity contribution in [3.8, 4) is 0 Å². The van der Waals surface area contributed by atoms with Crippen LogP contribution in [0.3, 0.4) is 0 Å². The Kier molecular flexibility index (Phi) is 7.15. The van der Waals surface area contributed by atoms with Crippen LogP contribution in [-0.2, 0) is 5.41 Å². The monoisotopic (exact) mass is 421 g/mol. The van der Waals surface area contributed by atoms with Gasteiger partial charge in [0.15, 0.2) is 17.4 Å². The summed E-state index contributed by atoms with van der Waals surface area (Å²) in [5.41, 5.74) is 1.64. The van der Waals surface area contributed by atoms with Crippen LogP contribution in [0.4, 0.5) is 0 Å². The van der Waals surface area contributed by atoms with Crippen molar-refractivity contribution in [1.29, 1.82) is 0 Å². The molecule has 0 amide bonds. The van der Waals surface area contributed by atoms with Gasteiger partial charge in [-0.2, -0.15) is 4.57 Å². The van der Waals surface area contributed by atoms with E-state index in [9.17, 15) is 4.79 Å². The van der Waals surface area contributed by atoms with E-state index in [0.717, 1.165) is 0 Å². The van der Waals surface area contributed by atoms with Crippen LogP contribution in [-0.4, -0.2) is 17.3 Å². The number of aromatic nitrogens is 1. The Hall–Kier alpha value is -1.75. The van der Waals surface area contributed by atoms with E-state index in [4.69, 9.17) is 35.4 Å². The SMILES string of the molecule is C=CCNC(=S)[C@H](C(=O)c1ccc(Cl)c(Cl)c1)[n+]1ccc(C(C)(C)C)cc1. The van der Waals surface area contributed by atoms with Gasteiger partial charge in [-0.3, -0.25) is 4.79 Å². The van der Waals surface area contributed by atoms with Crippen LogP contribution in [0.1, 0.15) is 42.7 Å². The van der Waals surface area contributed by atoms with Crippen molar-refractivity contribution in [2.75, 3.05) is 6.54 Å². The first kappa shape index (κ1) is 21.5. The molecule has 0 radical (unpaired) electrons. The molecule has 0 aliphatic carbocycles. The lowest BCUT2D eigenvalue weighted by atomic mass is 9.88. The molecule has 0 aliphatic rings. The lowest BCUT2D eigenvalue weighted by Gasteiger charge is -2.19. The number of thiocarbonyl (C=S) groups is 1. The number of ketones is 1. The van der Waals surface area contributed by atoms with Crippen LogP contribution in [0.25, 0.3) is 0 Å². The zero-order chi connectivity index (χ0) is 20.2. The average Bonchev–Trinajstić information content (AvgIpc) is 2.62. The van der Waals surface area contributed by atoms with Gasteiger partial charge in [0.2, 0.25) is 5.78 Å². The number of rotatable bonds is 6. The number of Topliss-reactive ketones (excluding diaryl/α,β-unsaturated/α-hetero) is 1. The van der Waals surface area contributed by atoms with Gasteiger partial charge in [-0.15, -0.1) is 6.58 Å². The maximum Gasteiger partial charge on any atom is 0.270 e. The fraction of sp³-hybridized carbons (Fsp3) is 0.286. The predicted octanol–water partition coefficient (Wildman–Crippen LogP) is 5.11. The van der Waals surface area contributed by atoms with Crippen molar-refractivity contribution >= 4 is 46.2 Å². The van der Waals surface area contributed by atoms with Crippen molar-refractivity contribution in [2.24, 2.45) is 0 Å². The highest BCUT2D eigenvalue weighted by molar-refractivity contribution is 7.80. The molecule has 0 spiro atoms. The van der Waals surface area contributed by atoms with Crippen LogP contribution in [0, 0.1) is 0 Å². The molecular formula is C21H23Cl2N2OS+. The highest BCUT2D eigenvalue weighted by atomic mass is 35.5. The molecule has 142 valence electrons. The predicted molar refractivity (Wildman–Crippen MR) is 116 cm³/mol. The number of halogens is 2. The molecule has 27 heavy (non-hydrogen) atoms. The quantitative estimate of drug-likeness (QED) is 0.304. The molecule has 0 fully saturated rings. The van der Waals surface area contributed by atoms with E-state index in [1.165, 1.54) is 5.56 Å². The van der Waals surface area contributed by atoms with Crippen molar-refractivity contribution in [2.45, 2.75) is 32.2 Å². The summed E-state index contributed by atoms with van der Waals surface area (Å²) < 4.78 is 1.80. The van der Waals surface area contributed by atoms with E-state index in [0.29, 0.717) is 27.1 Å². The van der Waals surface area contributed by atoms with E-state index in [-0.39, 0.29) is 11.2 Å². The topological polar surface area (TPSA) is 33.0 Å². The zero-order valence-electron chi connectivity index (χ0n) is 15.6. The summed E-state index contributed by atoms with van der Waals surface area (Å²) >= 11 is 17.6. The minimum absolute atomic E-state index is 0.0178. The molecule has 6 heteroatoms. The van der Waals surface area contributed by atoms with E-state index in [1.54, 1.807) is 28.8 Å². The second-order valence-corrected chi connectivity index (χ2v) is 8.47. The second-order valence-electron chi connectivity index (χ2n) is 7.21. The summed E-state index contributed by atoms with van der Waals surface area (Å²) in [7, 11) is 0. The number of nitrogens with zero attached hydrogens (tertiary/aromatic N) is 1. The van der Waals surface area contributed by atoms with Crippen LogP contribution in [0.2, 0.25) is 10.0 Å². The first-order chi connectivity index (χ1) is 12.6. The van der Waals surface area contributed by atoms with Gasteiger partial charge in [-0.1, -0.05) is 62.3 Å². The maximum absolute atomic E-state index is 13.2. The lowest BCUT2D eigenvalue weighted by molar-refractivity contribution is -0.692. The van der Waals surface area contributed by atoms with Crippen molar-refractivity contribution in [3.63, 3.8) is 0 Å². The molecule has 0 saturated heterocycles. The highest BCUT2D eigenvalue weighted by Gasteiger charge is 2.33. The van der Waals surface area contributed by atoms with Gasteiger partial charge >= 0.3 is 0 Å².